The molecule has 12 heteroatoms. The molecule has 0 aromatic rings. The number of carbonyl (C=O) groups is 6. The van der Waals surface area contributed by atoms with E-state index < -0.39 is 17.8 Å². The van der Waals surface area contributed by atoms with Crippen LogP contribution in [0.5, 0.6) is 0 Å². The van der Waals surface area contributed by atoms with Crippen LogP contribution >= 0.6 is 0 Å². The van der Waals surface area contributed by atoms with Crippen molar-refractivity contribution >= 4 is 35.4 Å². The Bertz CT molecular complexity index is 682. The fourth-order valence-corrected chi connectivity index (χ4v) is 2.77. The van der Waals surface area contributed by atoms with E-state index in [1.165, 1.54) is 0 Å². The molecule has 0 saturated carbocycles. The molecule has 1 fully saturated rings. The van der Waals surface area contributed by atoms with Gasteiger partial charge < -0.3 is 21.2 Å². The van der Waals surface area contributed by atoms with E-state index in [1.54, 1.807) is 6.92 Å². The number of rotatable bonds is 17. The number of amides is 4. The van der Waals surface area contributed by atoms with Crippen LogP contribution in [0.3, 0.4) is 0 Å². The smallest absolute Gasteiger partial charge is 0.333 e. The minimum absolute atomic E-state index is 0.00757. The number of hydroxylamine groups is 2. The Morgan fingerprint density at radius 2 is 1.69 bits per heavy atom. The third kappa shape index (κ3) is 11.5. The molecule has 0 spiro atoms. The number of nitrogens with two attached hydrogens (primary N) is 1. The normalized spacial score (nSPS) is 14.3. The van der Waals surface area contributed by atoms with Crippen molar-refractivity contribution in [3.05, 3.63) is 0 Å². The lowest BCUT2D eigenvalue weighted by atomic mass is 10.0. The monoisotopic (exact) mass is 455 g/mol. The summed E-state index contributed by atoms with van der Waals surface area (Å²) in [6.45, 7) is 2.95. The molecule has 4 amide bonds. The molecule has 0 aromatic carbocycles. The van der Waals surface area contributed by atoms with E-state index in [2.05, 4.69) is 16.0 Å². The number of carbonyl (C=O) groups excluding carboxylic acids is 6. The Morgan fingerprint density at radius 3 is 2.34 bits per heavy atom. The molecule has 0 radical (unpaired) electrons. The lowest BCUT2D eigenvalue weighted by Gasteiger charge is -2.12. The number of unbranched alkanes of at least 4 members (excludes halogenated alkanes) is 1. The quantitative estimate of drug-likeness (QED) is 0.120. The van der Waals surface area contributed by atoms with Crippen molar-refractivity contribution in [2.45, 2.75) is 58.3 Å². The van der Waals surface area contributed by atoms with Crippen molar-refractivity contribution in [2.24, 2.45) is 11.7 Å². The number of hydrogen-bond donors (Lipinski definition) is 4. The highest BCUT2D eigenvalue weighted by molar-refractivity contribution is 6.01. The van der Waals surface area contributed by atoms with Gasteiger partial charge in [0.2, 0.25) is 11.8 Å². The number of nitrogens with one attached hydrogen (secondary N) is 3. The van der Waals surface area contributed by atoms with Crippen LogP contribution in [-0.2, 0) is 33.6 Å². The van der Waals surface area contributed by atoms with Gasteiger partial charge in [0.25, 0.3) is 11.8 Å². The average Bonchev–Trinajstić information content (AvgIpc) is 3.05. The van der Waals surface area contributed by atoms with E-state index >= 15 is 0 Å². The van der Waals surface area contributed by atoms with Gasteiger partial charge in [-0.1, -0.05) is 13.3 Å². The number of imide groups is 1. The number of primary amides is 1. The predicted octanol–water partition coefficient (Wildman–Crippen LogP) is -1.12. The van der Waals surface area contributed by atoms with Gasteiger partial charge in [-0.15, -0.1) is 5.06 Å². The fourth-order valence-electron chi connectivity index (χ4n) is 2.77. The highest BCUT2D eigenvalue weighted by Gasteiger charge is 2.32. The van der Waals surface area contributed by atoms with Gasteiger partial charge in [0, 0.05) is 38.3 Å². The van der Waals surface area contributed by atoms with Gasteiger partial charge in [-0.25, -0.2) is 4.79 Å². The maximum absolute atomic E-state index is 11.8. The topological polar surface area (TPSA) is 177 Å². The van der Waals surface area contributed by atoms with Gasteiger partial charge in [-0.05, 0) is 25.8 Å². The van der Waals surface area contributed by atoms with Crippen molar-refractivity contribution in [3.63, 3.8) is 0 Å². The summed E-state index contributed by atoms with van der Waals surface area (Å²) in [7, 11) is 0. The molecule has 1 rings (SSSR count). The number of hydrogen-bond acceptors (Lipinski definition) is 9. The van der Waals surface area contributed by atoms with Crippen molar-refractivity contribution < 1.29 is 33.6 Å². The zero-order valence-corrected chi connectivity index (χ0v) is 18.4. The molecular weight excluding hydrogens is 422 g/mol. The Balaban J connectivity index is 1.98. The molecule has 1 aliphatic rings. The maximum atomic E-state index is 11.8. The Morgan fingerprint density at radius 1 is 1.00 bits per heavy atom. The SMILES string of the molecule is C[C@@H](CCCCNCNCC(=O)CNC(=O)CCCC(=O)ON1C(=O)CCC1=O)C(N)=O. The van der Waals surface area contributed by atoms with Crippen molar-refractivity contribution in [1.82, 2.24) is 21.0 Å². The molecule has 0 aromatic heterocycles. The lowest BCUT2D eigenvalue weighted by molar-refractivity contribution is -0.197. The summed E-state index contributed by atoms with van der Waals surface area (Å²) < 4.78 is 0. The third-order valence-corrected chi connectivity index (χ3v) is 4.76. The molecule has 1 heterocycles. The molecule has 1 saturated heterocycles. The molecule has 5 N–H and O–H groups in total. The zero-order chi connectivity index (χ0) is 23.9. The van der Waals surface area contributed by atoms with Crippen LogP contribution in [0.2, 0.25) is 0 Å². The van der Waals surface area contributed by atoms with E-state index in [1.807, 2.05) is 0 Å². The second-order valence-electron chi connectivity index (χ2n) is 7.62. The molecule has 180 valence electrons. The van der Waals surface area contributed by atoms with Crippen LogP contribution in [0.15, 0.2) is 0 Å². The average molecular weight is 456 g/mol. The summed E-state index contributed by atoms with van der Waals surface area (Å²) in [5.74, 6) is -2.88. The second-order valence-corrected chi connectivity index (χ2v) is 7.62. The summed E-state index contributed by atoms with van der Waals surface area (Å²) in [6.07, 6.45) is 2.60. The summed E-state index contributed by atoms with van der Waals surface area (Å²) in [5, 5.41) is 8.98. The molecule has 0 bridgehead atoms. The zero-order valence-electron chi connectivity index (χ0n) is 18.4. The summed E-state index contributed by atoms with van der Waals surface area (Å²) >= 11 is 0. The molecule has 0 unspecified atom stereocenters. The minimum atomic E-state index is -0.767. The van der Waals surface area contributed by atoms with E-state index in [0.717, 1.165) is 25.8 Å². The standard InChI is InChI=1S/C20H33N5O7/c1-14(20(21)31)5-2-3-10-22-13-23-11-15(26)12-24-16(27)6-4-7-19(30)32-25-17(28)8-9-18(25)29/h14,22-23H,2-13H2,1H3,(H2,21,31)(H,24,27)/t14-/m0/s1. The minimum Gasteiger partial charge on any atom is -0.369 e. The van der Waals surface area contributed by atoms with Crippen molar-refractivity contribution in [1.29, 1.82) is 0 Å². The van der Waals surface area contributed by atoms with Crippen LogP contribution in [0, 0.1) is 5.92 Å². The lowest BCUT2D eigenvalue weighted by Crippen LogP contribution is -2.38. The Labute approximate surface area is 186 Å². The van der Waals surface area contributed by atoms with Crippen molar-refractivity contribution in [3.8, 4) is 0 Å². The molecule has 1 aliphatic heterocycles. The maximum Gasteiger partial charge on any atom is 0.333 e. The van der Waals surface area contributed by atoms with Crippen LogP contribution in [0.25, 0.3) is 0 Å². The van der Waals surface area contributed by atoms with Gasteiger partial charge in [-0.3, -0.25) is 29.3 Å². The van der Waals surface area contributed by atoms with Gasteiger partial charge in [0.05, 0.1) is 13.1 Å². The summed E-state index contributed by atoms with van der Waals surface area (Å²) in [5.41, 5.74) is 5.20. The number of ketones is 1. The van der Waals surface area contributed by atoms with Crippen LogP contribution in [-0.4, -0.2) is 66.7 Å². The summed E-state index contributed by atoms with van der Waals surface area (Å²) in [4.78, 5) is 73.5. The van der Waals surface area contributed by atoms with Crippen LogP contribution in [0.4, 0.5) is 0 Å². The van der Waals surface area contributed by atoms with E-state index in [4.69, 9.17) is 10.6 Å². The molecule has 32 heavy (non-hydrogen) atoms. The Hall–Kier alpha value is -2.86. The summed E-state index contributed by atoms with van der Waals surface area (Å²) in [6, 6.07) is 0. The first-order valence-electron chi connectivity index (χ1n) is 10.8. The highest BCUT2D eigenvalue weighted by atomic mass is 16.7. The molecular formula is C20H33N5O7. The third-order valence-electron chi connectivity index (χ3n) is 4.76. The van der Waals surface area contributed by atoms with E-state index in [9.17, 15) is 28.8 Å². The van der Waals surface area contributed by atoms with Gasteiger partial charge in [0.15, 0.2) is 5.78 Å². The van der Waals surface area contributed by atoms with Gasteiger partial charge in [-0.2, -0.15) is 0 Å². The van der Waals surface area contributed by atoms with Crippen molar-refractivity contribution in [2.75, 3.05) is 26.3 Å². The fraction of sp³-hybridized carbons (Fsp3) is 0.700. The first kappa shape index (κ1) is 27.2. The predicted molar refractivity (Wildman–Crippen MR) is 112 cm³/mol. The molecule has 0 aliphatic carbocycles. The highest BCUT2D eigenvalue weighted by Crippen LogP contribution is 2.13. The molecule has 12 nitrogen and oxygen atoms in total. The first-order chi connectivity index (χ1) is 15.2. The van der Waals surface area contributed by atoms with Gasteiger partial charge in [0.1, 0.15) is 0 Å². The van der Waals surface area contributed by atoms with Gasteiger partial charge >= 0.3 is 5.97 Å². The largest absolute Gasteiger partial charge is 0.369 e. The van der Waals surface area contributed by atoms with E-state index in [-0.39, 0.29) is 68.7 Å². The number of Topliss-reactive ketones (excluding diaryl/α,β-unsaturated/α-hetero) is 1. The number of nitrogens with zero attached hydrogens (tertiary/aromatic N) is 1. The Kier molecular flexibility index (Phi) is 12.8. The van der Waals surface area contributed by atoms with E-state index in [0.29, 0.717) is 11.7 Å². The molecule has 1 atom stereocenters. The van der Waals surface area contributed by atoms with Crippen LogP contribution in [0.1, 0.15) is 58.3 Å². The van der Waals surface area contributed by atoms with Crippen LogP contribution < -0.4 is 21.7 Å². The first-order valence-corrected chi connectivity index (χ1v) is 10.8. The second kappa shape index (κ2) is 15.0.